The molecule has 1 aromatic carbocycles. The summed E-state index contributed by atoms with van der Waals surface area (Å²) in [5.41, 5.74) is 5.58. The maximum absolute atomic E-state index is 13.1. The van der Waals surface area contributed by atoms with Gasteiger partial charge in [0.05, 0.1) is 11.8 Å². The molecule has 1 atom stereocenters. The molecule has 0 aliphatic heterocycles. The Bertz CT molecular complexity index is 382. The Labute approximate surface area is 93.6 Å². The van der Waals surface area contributed by atoms with Gasteiger partial charge in [0.25, 0.3) is 5.91 Å². The van der Waals surface area contributed by atoms with Gasteiger partial charge in [-0.2, -0.15) is 0 Å². The molecule has 0 saturated heterocycles. The van der Waals surface area contributed by atoms with Crippen LogP contribution in [0.2, 0.25) is 0 Å². The lowest BCUT2D eigenvalue weighted by Crippen LogP contribution is -2.31. The van der Waals surface area contributed by atoms with Crippen molar-refractivity contribution < 1.29 is 13.9 Å². The number of anilines is 1. The number of hydrogen-bond donors (Lipinski definition) is 2. The molecule has 0 spiro atoms. The number of hydrogen-bond acceptors (Lipinski definition) is 3. The third-order valence-corrected chi connectivity index (χ3v) is 2.22. The highest BCUT2D eigenvalue weighted by Crippen LogP contribution is 2.11. The minimum atomic E-state index is -0.590. The van der Waals surface area contributed by atoms with Crippen LogP contribution in [0, 0.1) is 5.82 Å². The number of halogens is 1. The first-order valence-electron chi connectivity index (χ1n) is 4.90. The van der Waals surface area contributed by atoms with Crippen LogP contribution in [0.4, 0.5) is 10.1 Å². The van der Waals surface area contributed by atoms with Crippen LogP contribution in [0.3, 0.4) is 0 Å². The lowest BCUT2D eigenvalue weighted by molar-refractivity contribution is 0.0870. The molecule has 0 bridgehead atoms. The van der Waals surface area contributed by atoms with Crippen molar-refractivity contribution in [3.05, 3.63) is 29.6 Å². The molecule has 5 heteroatoms. The Morgan fingerprint density at radius 2 is 2.31 bits per heavy atom. The normalized spacial score (nSPS) is 12.2. The first kappa shape index (κ1) is 12.4. The van der Waals surface area contributed by atoms with Crippen LogP contribution in [-0.4, -0.2) is 25.7 Å². The molecule has 16 heavy (non-hydrogen) atoms. The van der Waals surface area contributed by atoms with E-state index in [1.54, 1.807) is 7.11 Å². The van der Waals surface area contributed by atoms with Crippen molar-refractivity contribution in [3.8, 4) is 0 Å². The van der Waals surface area contributed by atoms with E-state index < -0.39 is 5.82 Å². The molecule has 3 N–H and O–H groups in total. The quantitative estimate of drug-likeness (QED) is 0.757. The number of nitrogen functional groups attached to an aromatic ring is 1. The van der Waals surface area contributed by atoms with Crippen LogP contribution in [0.5, 0.6) is 0 Å². The van der Waals surface area contributed by atoms with E-state index in [0.717, 1.165) is 6.07 Å². The minimum Gasteiger partial charge on any atom is -0.396 e. The summed E-state index contributed by atoms with van der Waals surface area (Å²) in [7, 11) is 1.56. The van der Waals surface area contributed by atoms with Gasteiger partial charge in [-0.3, -0.25) is 4.79 Å². The summed E-state index contributed by atoms with van der Waals surface area (Å²) in [6.07, 6.45) is -0.0809. The maximum atomic E-state index is 13.1. The van der Waals surface area contributed by atoms with Crippen molar-refractivity contribution in [2.45, 2.75) is 13.0 Å². The highest BCUT2D eigenvalue weighted by atomic mass is 19.1. The number of amides is 1. The number of nitrogens with one attached hydrogen (secondary N) is 1. The Morgan fingerprint density at radius 3 is 2.88 bits per heavy atom. The molecular weight excluding hydrogens is 211 g/mol. The summed E-state index contributed by atoms with van der Waals surface area (Å²) < 4.78 is 18.0. The van der Waals surface area contributed by atoms with E-state index >= 15 is 0 Å². The predicted molar refractivity (Wildman–Crippen MR) is 59.6 cm³/mol. The Kier molecular flexibility index (Phi) is 4.25. The molecule has 0 aliphatic rings. The van der Waals surface area contributed by atoms with E-state index in [9.17, 15) is 9.18 Å². The average molecular weight is 226 g/mol. The van der Waals surface area contributed by atoms with Gasteiger partial charge in [-0.1, -0.05) is 0 Å². The van der Waals surface area contributed by atoms with Crippen molar-refractivity contribution in [1.29, 1.82) is 0 Å². The summed E-state index contributed by atoms with van der Waals surface area (Å²) in [5.74, 6) is -0.935. The molecule has 0 aromatic heterocycles. The minimum absolute atomic E-state index is 0.0295. The third-order valence-electron chi connectivity index (χ3n) is 2.22. The van der Waals surface area contributed by atoms with Gasteiger partial charge in [-0.05, 0) is 25.1 Å². The number of nitrogens with two attached hydrogens (primary N) is 1. The van der Waals surface area contributed by atoms with E-state index in [1.807, 2.05) is 6.92 Å². The van der Waals surface area contributed by atoms with E-state index in [0.29, 0.717) is 6.54 Å². The van der Waals surface area contributed by atoms with Crippen molar-refractivity contribution in [2.75, 3.05) is 19.4 Å². The smallest absolute Gasteiger partial charge is 0.251 e. The van der Waals surface area contributed by atoms with Gasteiger partial charge in [0, 0.05) is 19.2 Å². The monoisotopic (exact) mass is 226 g/mol. The number of carbonyl (C=O) groups excluding carboxylic acids is 1. The molecule has 0 radical (unpaired) electrons. The molecule has 4 nitrogen and oxygen atoms in total. The fourth-order valence-corrected chi connectivity index (χ4v) is 1.09. The molecule has 88 valence electrons. The number of ether oxygens (including phenoxy) is 1. The first-order valence-corrected chi connectivity index (χ1v) is 4.90. The molecule has 1 aromatic rings. The molecule has 1 amide bonds. The van der Waals surface area contributed by atoms with Gasteiger partial charge in [0.1, 0.15) is 5.82 Å². The molecule has 1 unspecified atom stereocenters. The summed E-state index contributed by atoms with van der Waals surface area (Å²) in [6, 6.07) is 3.96. The molecular formula is C11H15FN2O2. The second-order valence-corrected chi connectivity index (χ2v) is 3.49. The van der Waals surface area contributed by atoms with Gasteiger partial charge in [-0.15, -0.1) is 0 Å². The molecule has 0 aliphatic carbocycles. The Morgan fingerprint density at radius 1 is 1.62 bits per heavy atom. The number of carbonyl (C=O) groups is 1. The Hall–Kier alpha value is -1.62. The van der Waals surface area contributed by atoms with Crippen LogP contribution < -0.4 is 11.1 Å². The average Bonchev–Trinajstić information content (AvgIpc) is 2.29. The summed E-state index contributed by atoms with van der Waals surface area (Å²) >= 11 is 0. The number of rotatable bonds is 4. The summed E-state index contributed by atoms with van der Waals surface area (Å²) in [5, 5.41) is 2.62. The van der Waals surface area contributed by atoms with Gasteiger partial charge in [-0.25, -0.2) is 4.39 Å². The topological polar surface area (TPSA) is 64.3 Å². The zero-order valence-electron chi connectivity index (χ0n) is 9.29. The summed E-state index contributed by atoms with van der Waals surface area (Å²) in [4.78, 5) is 11.6. The van der Waals surface area contributed by atoms with Crippen molar-refractivity contribution >= 4 is 11.6 Å². The van der Waals surface area contributed by atoms with Crippen molar-refractivity contribution in [1.82, 2.24) is 5.32 Å². The fraction of sp³-hybridized carbons (Fsp3) is 0.364. The highest BCUT2D eigenvalue weighted by molar-refractivity contribution is 5.94. The molecule has 0 fully saturated rings. The first-order chi connectivity index (χ1) is 7.54. The van der Waals surface area contributed by atoms with Crippen LogP contribution in [0.1, 0.15) is 17.3 Å². The Balaban J connectivity index is 2.63. The second kappa shape index (κ2) is 5.46. The second-order valence-electron chi connectivity index (χ2n) is 3.49. The standard InChI is InChI=1S/C11H15FN2O2/c1-7(16-2)6-14-11(15)8-3-4-10(13)9(12)5-8/h3-5,7H,6,13H2,1-2H3,(H,14,15). The molecule has 0 saturated carbocycles. The lowest BCUT2D eigenvalue weighted by atomic mass is 10.2. The van der Waals surface area contributed by atoms with Crippen LogP contribution >= 0.6 is 0 Å². The number of benzene rings is 1. The van der Waals surface area contributed by atoms with Gasteiger partial charge < -0.3 is 15.8 Å². The van der Waals surface area contributed by atoms with Gasteiger partial charge in [0.2, 0.25) is 0 Å². The van der Waals surface area contributed by atoms with E-state index in [4.69, 9.17) is 10.5 Å². The lowest BCUT2D eigenvalue weighted by Gasteiger charge is -2.10. The zero-order valence-corrected chi connectivity index (χ0v) is 9.29. The van der Waals surface area contributed by atoms with Crippen LogP contribution in [0.15, 0.2) is 18.2 Å². The SMILES string of the molecule is COC(C)CNC(=O)c1ccc(N)c(F)c1. The predicted octanol–water partition coefficient (Wildman–Crippen LogP) is 1.17. The van der Waals surface area contributed by atoms with E-state index in [1.165, 1.54) is 12.1 Å². The van der Waals surface area contributed by atoms with Crippen molar-refractivity contribution in [3.63, 3.8) is 0 Å². The molecule has 1 rings (SSSR count). The zero-order chi connectivity index (χ0) is 12.1. The number of methoxy groups -OCH3 is 1. The van der Waals surface area contributed by atoms with E-state index in [2.05, 4.69) is 5.32 Å². The van der Waals surface area contributed by atoms with Gasteiger partial charge >= 0.3 is 0 Å². The largest absolute Gasteiger partial charge is 0.396 e. The maximum Gasteiger partial charge on any atom is 0.251 e. The fourth-order valence-electron chi connectivity index (χ4n) is 1.09. The highest BCUT2D eigenvalue weighted by Gasteiger charge is 2.09. The van der Waals surface area contributed by atoms with Gasteiger partial charge in [0.15, 0.2) is 0 Å². The summed E-state index contributed by atoms with van der Waals surface area (Å²) in [6.45, 7) is 2.20. The molecule has 0 heterocycles. The van der Waals surface area contributed by atoms with Crippen molar-refractivity contribution in [2.24, 2.45) is 0 Å². The third kappa shape index (κ3) is 3.20. The van der Waals surface area contributed by atoms with E-state index in [-0.39, 0.29) is 23.3 Å². The van der Waals surface area contributed by atoms with Crippen LogP contribution in [0.25, 0.3) is 0 Å². The van der Waals surface area contributed by atoms with Crippen LogP contribution in [-0.2, 0) is 4.74 Å².